The maximum absolute atomic E-state index is 12.5. The van der Waals surface area contributed by atoms with Crippen LogP contribution in [0.1, 0.15) is 38.4 Å². The van der Waals surface area contributed by atoms with E-state index in [1.807, 2.05) is 20.8 Å². The summed E-state index contributed by atoms with van der Waals surface area (Å²) in [5.41, 5.74) is 0.976. The minimum Gasteiger partial charge on any atom is -0.378 e. The molecule has 8 nitrogen and oxygen atoms in total. The lowest BCUT2D eigenvalue weighted by Crippen LogP contribution is -2.54. The van der Waals surface area contributed by atoms with Gasteiger partial charge >= 0.3 is 0 Å². The summed E-state index contributed by atoms with van der Waals surface area (Å²) in [4.78, 5) is 11.4. The summed E-state index contributed by atoms with van der Waals surface area (Å²) in [6.07, 6.45) is 0.977. The average Bonchev–Trinajstić information content (AvgIpc) is 3.13. The number of nitrogens with zero attached hydrogens (tertiary/aromatic N) is 4. The van der Waals surface area contributed by atoms with Crippen LogP contribution in [0.2, 0.25) is 0 Å². The van der Waals surface area contributed by atoms with Crippen LogP contribution in [0.15, 0.2) is 10.4 Å². The number of nitrogens with one attached hydrogen (secondary N) is 1. The summed E-state index contributed by atoms with van der Waals surface area (Å²) in [6.45, 7) is 11.6. The molecule has 11 heteroatoms. The Morgan fingerprint density at radius 2 is 2.00 bits per heavy atom. The molecule has 1 aromatic rings. The number of halogens is 1. The third kappa shape index (κ3) is 8.64. The van der Waals surface area contributed by atoms with Gasteiger partial charge in [0.05, 0.1) is 35.7 Å². The van der Waals surface area contributed by atoms with Crippen molar-refractivity contribution in [1.29, 1.82) is 0 Å². The van der Waals surface area contributed by atoms with E-state index in [0.717, 1.165) is 29.6 Å². The predicted octanol–water partition coefficient (Wildman–Crippen LogP) is 2.16. The number of guanidine groups is 1. The molecule has 0 radical (unpaired) electrons. The van der Waals surface area contributed by atoms with Crippen molar-refractivity contribution < 1.29 is 13.2 Å². The lowest BCUT2D eigenvalue weighted by molar-refractivity contribution is 0.0904. The second-order valence-electron chi connectivity index (χ2n) is 6.88. The van der Waals surface area contributed by atoms with E-state index in [1.165, 1.54) is 0 Å². The maximum atomic E-state index is 12.5. The molecule has 0 saturated carbocycles. The van der Waals surface area contributed by atoms with Crippen molar-refractivity contribution >= 4 is 51.3 Å². The highest BCUT2D eigenvalue weighted by atomic mass is 127. The highest BCUT2D eigenvalue weighted by Gasteiger charge is 2.28. The van der Waals surface area contributed by atoms with Crippen LogP contribution in [0.5, 0.6) is 0 Å². The summed E-state index contributed by atoms with van der Waals surface area (Å²) in [7, 11) is -3.28. The molecule has 1 saturated heterocycles. The van der Waals surface area contributed by atoms with E-state index in [9.17, 15) is 8.42 Å². The topological polar surface area (TPSA) is 87.1 Å². The summed E-state index contributed by atoms with van der Waals surface area (Å²) in [6, 6.07) is 0. The lowest BCUT2D eigenvalue weighted by atomic mass is 10.4. The van der Waals surface area contributed by atoms with Crippen molar-refractivity contribution in [3.8, 4) is 0 Å². The Labute approximate surface area is 196 Å². The number of piperazine rings is 1. The molecule has 0 bridgehead atoms. The number of rotatable bonds is 9. The van der Waals surface area contributed by atoms with Gasteiger partial charge in [-0.15, -0.1) is 35.3 Å². The largest absolute Gasteiger partial charge is 0.378 e. The van der Waals surface area contributed by atoms with Crippen molar-refractivity contribution in [2.75, 3.05) is 45.1 Å². The number of aromatic nitrogens is 1. The van der Waals surface area contributed by atoms with Gasteiger partial charge in [-0.2, -0.15) is 4.31 Å². The molecule has 1 aromatic heterocycles. The Balaban J connectivity index is 0.00000420. The van der Waals surface area contributed by atoms with E-state index in [4.69, 9.17) is 9.73 Å². The zero-order chi connectivity index (χ0) is 20.6. The van der Waals surface area contributed by atoms with Crippen molar-refractivity contribution in [2.24, 2.45) is 4.99 Å². The zero-order valence-corrected chi connectivity index (χ0v) is 21.7. The quantitative estimate of drug-likeness (QED) is 0.284. The molecule has 0 aliphatic carbocycles. The van der Waals surface area contributed by atoms with Crippen LogP contribution >= 0.6 is 35.3 Å². The normalized spacial score (nSPS) is 16.2. The average molecular weight is 560 g/mol. The number of hydrogen-bond acceptors (Lipinski definition) is 6. The van der Waals surface area contributed by atoms with Crippen LogP contribution in [0, 0.1) is 0 Å². The Bertz CT molecular complexity index is 732. The SMILES string of the molecule is CCNC(=NCc1csc(CC)n1)N1CCN(S(=O)(=O)CCOC(C)C)CC1.I. The van der Waals surface area contributed by atoms with Crippen LogP contribution in [-0.2, 0) is 27.7 Å². The van der Waals surface area contributed by atoms with Gasteiger partial charge in [-0.05, 0) is 27.2 Å². The lowest BCUT2D eigenvalue weighted by Gasteiger charge is -2.35. The van der Waals surface area contributed by atoms with Gasteiger partial charge in [0.15, 0.2) is 5.96 Å². The molecule has 0 unspecified atom stereocenters. The molecule has 1 fully saturated rings. The molecule has 1 N–H and O–H groups in total. The third-order valence-electron chi connectivity index (χ3n) is 4.35. The molecule has 0 spiro atoms. The van der Waals surface area contributed by atoms with Crippen LogP contribution in [0.3, 0.4) is 0 Å². The van der Waals surface area contributed by atoms with E-state index in [2.05, 4.69) is 27.5 Å². The van der Waals surface area contributed by atoms with Crippen molar-refractivity contribution in [1.82, 2.24) is 19.5 Å². The predicted molar refractivity (Wildman–Crippen MR) is 130 cm³/mol. The summed E-state index contributed by atoms with van der Waals surface area (Å²) >= 11 is 1.66. The molecule has 0 atom stereocenters. The fraction of sp³-hybridized carbons (Fsp3) is 0.778. The van der Waals surface area contributed by atoms with Crippen LogP contribution < -0.4 is 5.32 Å². The van der Waals surface area contributed by atoms with Crippen molar-refractivity contribution in [3.05, 3.63) is 16.1 Å². The minimum atomic E-state index is -3.28. The third-order valence-corrected chi connectivity index (χ3v) is 7.23. The number of ether oxygens (including phenoxy) is 1. The Morgan fingerprint density at radius 1 is 1.31 bits per heavy atom. The Morgan fingerprint density at radius 3 is 2.55 bits per heavy atom. The van der Waals surface area contributed by atoms with Crippen LogP contribution in [-0.4, -0.2) is 79.8 Å². The Kier molecular flexibility index (Phi) is 11.9. The van der Waals surface area contributed by atoms with Gasteiger partial charge in [0.1, 0.15) is 0 Å². The molecule has 2 heterocycles. The first-order chi connectivity index (χ1) is 13.4. The van der Waals surface area contributed by atoms with Crippen LogP contribution in [0.4, 0.5) is 0 Å². The minimum absolute atomic E-state index is 0. The van der Waals surface area contributed by atoms with Gasteiger partial charge in [-0.3, -0.25) is 0 Å². The first-order valence-corrected chi connectivity index (χ1v) is 12.4. The fourth-order valence-corrected chi connectivity index (χ4v) is 4.88. The van der Waals surface area contributed by atoms with E-state index in [1.54, 1.807) is 15.6 Å². The molecule has 2 rings (SSSR count). The standard InChI is InChI=1S/C18H33N5O3S2.HI/c1-5-17-21-16(14-27-17)13-20-18(19-6-2)22-7-9-23(10-8-22)28(24,25)12-11-26-15(3)4;/h14-15H,5-13H2,1-4H3,(H,19,20);1H. The molecule has 0 aromatic carbocycles. The van der Waals surface area contributed by atoms with Gasteiger partial charge in [0.25, 0.3) is 0 Å². The maximum Gasteiger partial charge on any atom is 0.216 e. The first kappa shape index (κ1) is 26.5. The van der Waals surface area contributed by atoms with Gasteiger partial charge in [-0.1, -0.05) is 6.92 Å². The molecule has 1 aliphatic heterocycles. The highest BCUT2D eigenvalue weighted by molar-refractivity contribution is 14.0. The van der Waals surface area contributed by atoms with Crippen molar-refractivity contribution in [2.45, 2.75) is 46.8 Å². The molecule has 29 heavy (non-hydrogen) atoms. The van der Waals surface area contributed by atoms with Gasteiger partial charge in [-0.25, -0.2) is 18.4 Å². The number of aliphatic imine (C=N–C) groups is 1. The monoisotopic (exact) mass is 559 g/mol. The second-order valence-corrected chi connectivity index (χ2v) is 9.91. The molecule has 0 amide bonds. The van der Waals surface area contributed by atoms with Gasteiger partial charge in [0.2, 0.25) is 10.0 Å². The molecular formula is C18H34IN5O3S2. The van der Waals surface area contributed by atoms with E-state index >= 15 is 0 Å². The van der Waals surface area contributed by atoms with E-state index in [-0.39, 0.29) is 42.4 Å². The van der Waals surface area contributed by atoms with E-state index < -0.39 is 10.0 Å². The van der Waals surface area contributed by atoms with E-state index in [0.29, 0.717) is 32.7 Å². The van der Waals surface area contributed by atoms with Crippen molar-refractivity contribution in [3.63, 3.8) is 0 Å². The number of hydrogen-bond donors (Lipinski definition) is 1. The number of aryl methyl sites for hydroxylation is 1. The fourth-order valence-electron chi connectivity index (χ4n) is 2.86. The van der Waals surface area contributed by atoms with Gasteiger partial charge < -0.3 is 15.0 Å². The molecule has 168 valence electrons. The summed E-state index contributed by atoms with van der Waals surface area (Å²) in [5.74, 6) is 0.844. The van der Waals surface area contributed by atoms with Gasteiger partial charge in [0, 0.05) is 38.1 Å². The molecule has 1 aliphatic rings. The summed E-state index contributed by atoms with van der Waals surface area (Å²) in [5, 5.41) is 6.48. The molecular weight excluding hydrogens is 525 g/mol. The Hall–Kier alpha value is -0.500. The van der Waals surface area contributed by atoms with Crippen LogP contribution in [0.25, 0.3) is 0 Å². The highest BCUT2D eigenvalue weighted by Crippen LogP contribution is 2.12. The second kappa shape index (κ2) is 13.0. The number of sulfonamides is 1. The number of thiazole rings is 1. The zero-order valence-electron chi connectivity index (χ0n) is 17.8. The summed E-state index contributed by atoms with van der Waals surface area (Å²) < 4.78 is 31.9. The first-order valence-electron chi connectivity index (χ1n) is 9.91. The smallest absolute Gasteiger partial charge is 0.216 e.